The number of carboxylic acid groups (broad SMARTS) is 1. The van der Waals surface area contributed by atoms with Crippen molar-refractivity contribution in [1.82, 2.24) is 14.4 Å². The largest absolute Gasteiger partial charge is 0.478 e. The zero-order valence-corrected chi connectivity index (χ0v) is 10.9. The third kappa shape index (κ3) is 4.78. The summed E-state index contributed by atoms with van der Waals surface area (Å²) >= 11 is 0. The van der Waals surface area contributed by atoms with Crippen molar-refractivity contribution >= 4 is 16.2 Å². The van der Waals surface area contributed by atoms with Crippen LogP contribution >= 0.6 is 0 Å². The molecule has 18 heavy (non-hydrogen) atoms. The maximum atomic E-state index is 11.5. The quantitative estimate of drug-likeness (QED) is 0.682. The van der Waals surface area contributed by atoms with Crippen LogP contribution in [0.1, 0.15) is 29.9 Å². The van der Waals surface area contributed by atoms with Gasteiger partial charge in [-0.25, -0.2) is 4.79 Å². The molecule has 100 valence electrons. The Morgan fingerprint density at radius 2 is 2.17 bits per heavy atom. The molecular weight excluding hydrogens is 258 g/mol. The van der Waals surface area contributed by atoms with E-state index in [0.717, 1.165) is 0 Å². The van der Waals surface area contributed by atoms with Crippen LogP contribution in [0.25, 0.3) is 0 Å². The SMILES string of the molecule is CC(C)NS(=O)(=O)NCc1cc(C(=O)O)ccn1. The van der Waals surface area contributed by atoms with Gasteiger partial charge in [0.15, 0.2) is 0 Å². The van der Waals surface area contributed by atoms with Crippen LogP contribution in [0.2, 0.25) is 0 Å². The maximum absolute atomic E-state index is 11.5. The van der Waals surface area contributed by atoms with E-state index < -0.39 is 16.2 Å². The van der Waals surface area contributed by atoms with Crippen molar-refractivity contribution in [3.05, 3.63) is 29.6 Å². The van der Waals surface area contributed by atoms with E-state index in [1.165, 1.54) is 18.3 Å². The summed E-state index contributed by atoms with van der Waals surface area (Å²) in [5.74, 6) is -1.08. The second-order valence-corrected chi connectivity index (χ2v) is 5.47. The Morgan fingerprint density at radius 3 is 2.72 bits per heavy atom. The Labute approximate surface area is 105 Å². The number of aromatic carboxylic acids is 1. The van der Waals surface area contributed by atoms with E-state index in [-0.39, 0.29) is 18.2 Å². The minimum atomic E-state index is -3.60. The van der Waals surface area contributed by atoms with Crippen molar-refractivity contribution in [3.8, 4) is 0 Å². The molecule has 0 unspecified atom stereocenters. The highest BCUT2D eigenvalue weighted by atomic mass is 32.2. The number of hydrogen-bond donors (Lipinski definition) is 3. The number of nitrogens with one attached hydrogen (secondary N) is 2. The van der Waals surface area contributed by atoms with Crippen LogP contribution in [0.3, 0.4) is 0 Å². The van der Waals surface area contributed by atoms with Crippen LogP contribution in [0.5, 0.6) is 0 Å². The first-order chi connectivity index (χ1) is 8.30. The van der Waals surface area contributed by atoms with Crippen molar-refractivity contribution in [1.29, 1.82) is 0 Å². The van der Waals surface area contributed by atoms with E-state index in [2.05, 4.69) is 14.4 Å². The lowest BCUT2D eigenvalue weighted by Gasteiger charge is -2.10. The van der Waals surface area contributed by atoms with Crippen molar-refractivity contribution in [3.63, 3.8) is 0 Å². The topological polar surface area (TPSA) is 108 Å². The van der Waals surface area contributed by atoms with E-state index in [0.29, 0.717) is 5.69 Å². The average Bonchev–Trinajstić information content (AvgIpc) is 2.25. The molecule has 1 rings (SSSR count). The molecule has 1 aromatic rings. The van der Waals surface area contributed by atoms with Crippen molar-refractivity contribution < 1.29 is 18.3 Å². The molecule has 7 nitrogen and oxygen atoms in total. The molecule has 0 aliphatic heterocycles. The molecule has 0 saturated carbocycles. The Hall–Kier alpha value is -1.51. The lowest BCUT2D eigenvalue weighted by molar-refractivity contribution is 0.0696. The molecule has 0 radical (unpaired) electrons. The molecule has 1 aromatic heterocycles. The summed E-state index contributed by atoms with van der Waals surface area (Å²) in [5, 5.41) is 8.78. The van der Waals surface area contributed by atoms with Gasteiger partial charge in [0.1, 0.15) is 0 Å². The van der Waals surface area contributed by atoms with E-state index in [1.54, 1.807) is 13.8 Å². The number of carboxylic acids is 1. The Balaban J connectivity index is 2.69. The fourth-order valence-electron chi connectivity index (χ4n) is 1.23. The average molecular weight is 273 g/mol. The second-order valence-electron chi connectivity index (χ2n) is 3.94. The summed E-state index contributed by atoms with van der Waals surface area (Å²) in [7, 11) is -3.60. The lowest BCUT2D eigenvalue weighted by atomic mass is 10.2. The summed E-state index contributed by atoms with van der Waals surface area (Å²) in [5.41, 5.74) is 0.403. The third-order valence-corrected chi connectivity index (χ3v) is 3.20. The first kappa shape index (κ1) is 14.6. The van der Waals surface area contributed by atoms with Crippen molar-refractivity contribution in [2.24, 2.45) is 0 Å². The van der Waals surface area contributed by atoms with Gasteiger partial charge in [-0.05, 0) is 26.0 Å². The van der Waals surface area contributed by atoms with Gasteiger partial charge >= 0.3 is 5.97 Å². The molecular formula is C10H15N3O4S. The molecule has 0 aromatic carbocycles. The summed E-state index contributed by atoms with van der Waals surface area (Å²) in [6.07, 6.45) is 1.32. The third-order valence-electron chi connectivity index (χ3n) is 1.90. The van der Waals surface area contributed by atoms with Gasteiger partial charge in [0.05, 0.1) is 17.8 Å². The monoisotopic (exact) mass is 273 g/mol. The number of nitrogens with zero attached hydrogens (tertiary/aromatic N) is 1. The van der Waals surface area contributed by atoms with Gasteiger partial charge in [-0.1, -0.05) is 0 Å². The predicted octanol–water partition coefficient (Wildman–Crippen LogP) is 0.112. The highest BCUT2D eigenvalue weighted by Crippen LogP contribution is 2.02. The Kier molecular flexibility index (Phi) is 4.76. The van der Waals surface area contributed by atoms with Crippen LogP contribution in [0.4, 0.5) is 0 Å². The summed E-state index contributed by atoms with van der Waals surface area (Å²) in [6, 6.07) is 2.44. The minimum absolute atomic E-state index is 0.0658. The van der Waals surface area contributed by atoms with Gasteiger partial charge in [-0.3, -0.25) is 4.98 Å². The van der Waals surface area contributed by atoms with E-state index in [9.17, 15) is 13.2 Å². The normalized spacial score (nSPS) is 11.7. The summed E-state index contributed by atoms with van der Waals surface area (Å²) < 4.78 is 27.6. The van der Waals surface area contributed by atoms with E-state index in [1.807, 2.05) is 0 Å². The lowest BCUT2D eigenvalue weighted by Crippen LogP contribution is -2.40. The Morgan fingerprint density at radius 1 is 1.50 bits per heavy atom. The second kappa shape index (κ2) is 5.89. The number of pyridine rings is 1. The standard InChI is InChI=1S/C10H15N3O4S/c1-7(2)13-18(16,17)12-6-9-5-8(10(14)15)3-4-11-9/h3-5,7,12-13H,6H2,1-2H3,(H,14,15). The fraction of sp³-hybridized carbons (Fsp3) is 0.400. The summed E-state index contributed by atoms with van der Waals surface area (Å²) in [4.78, 5) is 14.6. The minimum Gasteiger partial charge on any atom is -0.478 e. The molecule has 3 N–H and O–H groups in total. The highest BCUT2D eigenvalue weighted by Gasteiger charge is 2.11. The molecule has 0 spiro atoms. The maximum Gasteiger partial charge on any atom is 0.335 e. The number of aromatic nitrogens is 1. The van der Waals surface area contributed by atoms with Gasteiger partial charge in [0.25, 0.3) is 10.2 Å². The summed E-state index contributed by atoms with van der Waals surface area (Å²) in [6.45, 7) is 3.33. The Bertz CT molecular complexity index is 528. The zero-order chi connectivity index (χ0) is 13.8. The van der Waals surface area contributed by atoms with Gasteiger partial charge < -0.3 is 5.11 Å². The van der Waals surface area contributed by atoms with Crippen LogP contribution in [-0.2, 0) is 16.8 Å². The van der Waals surface area contributed by atoms with Gasteiger partial charge in [0.2, 0.25) is 0 Å². The predicted molar refractivity (Wildman–Crippen MR) is 65.2 cm³/mol. The van der Waals surface area contributed by atoms with Crippen LogP contribution in [-0.4, -0.2) is 30.5 Å². The van der Waals surface area contributed by atoms with Crippen molar-refractivity contribution in [2.45, 2.75) is 26.4 Å². The molecule has 8 heteroatoms. The van der Waals surface area contributed by atoms with Crippen LogP contribution < -0.4 is 9.44 Å². The molecule has 0 saturated heterocycles. The van der Waals surface area contributed by atoms with Gasteiger partial charge in [-0.2, -0.15) is 17.9 Å². The van der Waals surface area contributed by atoms with E-state index >= 15 is 0 Å². The molecule has 0 amide bonds. The van der Waals surface area contributed by atoms with E-state index in [4.69, 9.17) is 5.11 Å². The van der Waals surface area contributed by atoms with Crippen LogP contribution in [0.15, 0.2) is 18.3 Å². The van der Waals surface area contributed by atoms with Gasteiger partial charge in [-0.15, -0.1) is 0 Å². The number of carbonyl (C=O) groups is 1. The number of rotatable bonds is 6. The molecule has 1 heterocycles. The molecule has 0 aliphatic rings. The van der Waals surface area contributed by atoms with Gasteiger partial charge in [0, 0.05) is 12.2 Å². The smallest absolute Gasteiger partial charge is 0.335 e. The van der Waals surface area contributed by atoms with Crippen molar-refractivity contribution in [2.75, 3.05) is 0 Å². The molecule has 0 atom stereocenters. The molecule has 0 bridgehead atoms. The highest BCUT2D eigenvalue weighted by molar-refractivity contribution is 7.87. The first-order valence-electron chi connectivity index (χ1n) is 5.25. The first-order valence-corrected chi connectivity index (χ1v) is 6.73. The fourth-order valence-corrected chi connectivity index (χ4v) is 2.27. The van der Waals surface area contributed by atoms with Crippen LogP contribution in [0, 0.1) is 0 Å². The molecule has 0 fully saturated rings. The number of hydrogen-bond acceptors (Lipinski definition) is 4. The molecule has 0 aliphatic carbocycles. The zero-order valence-electron chi connectivity index (χ0n) is 10.0.